The molecule has 0 aliphatic carbocycles. The number of rotatable bonds is 2. The van der Waals surface area contributed by atoms with Crippen molar-refractivity contribution in [3.63, 3.8) is 0 Å². The third-order valence-corrected chi connectivity index (χ3v) is 7.18. The van der Waals surface area contributed by atoms with Crippen molar-refractivity contribution in [1.82, 2.24) is 0 Å². The summed E-state index contributed by atoms with van der Waals surface area (Å²) in [6.07, 6.45) is 0. The lowest BCUT2D eigenvalue weighted by Crippen LogP contribution is -1.89. The number of hydrogen-bond donors (Lipinski definition) is 0. The van der Waals surface area contributed by atoms with Gasteiger partial charge in [-0.3, -0.25) is 0 Å². The van der Waals surface area contributed by atoms with E-state index in [0.29, 0.717) is 0 Å². The van der Waals surface area contributed by atoms with Crippen LogP contribution >= 0.6 is 33.9 Å². The summed E-state index contributed by atoms with van der Waals surface area (Å²) in [5.41, 5.74) is 2.55. The van der Waals surface area contributed by atoms with Gasteiger partial charge >= 0.3 is 0 Å². The van der Waals surface area contributed by atoms with Crippen molar-refractivity contribution in [3.05, 3.63) is 76.4 Å². The van der Waals surface area contributed by atoms with Crippen LogP contribution in [0.1, 0.15) is 0 Å². The van der Waals surface area contributed by atoms with Crippen LogP contribution in [0.3, 0.4) is 0 Å². The van der Waals surface area contributed by atoms with E-state index in [2.05, 4.69) is 83.3 Å². The summed E-state index contributed by atoms with van der Waals surface area (Å²) in [7, 11) is 1.71. The molecule has 0 atom stereocenters. The van der Waals surface area contributed by atoms with Crippen molar-refractivity contribution in [2.24, 2.45) is 0 Å². The van der Waals surface area contributed by atoms with Crippen LogP contribution in [0.2, 0.25) is 0 Å². The van der Waals surface area contributed by atoms with E-state index in [9.17, 15) is 0 Å². The summed E-state index contributed by atoms with van der Waals surface area (Å²) < 4.78 is 9.36. The molecule has 5 rings (SSSR count). The monoisotopic (exact) mass is 466 g/mol. The Morgan fingerprint density at radius 2 is 1.42 bits per heavy atom. The highest BCUT2D eigenvalue weighted by Crippen LogP contribution is 2.46. The van der Waals surface area contributed by atoms with Crippen molar-refractivity contribution >= 4 is 64.9 Å². The van der Waals surface area contributed by atoms with Gasteiger partial charge in [0, 0.05) is 34.7 Å². The van der Waals surface area contributed by atoms with Gasteiger partial charge in [0.1, 0.15) is 5.75 Å². The van der Waals surface area contributed by atoms with Gasteiger partial charge in [-0.15, -0.1) is 11.3 Å². The zero-order chi connectivity index (χ0) is 17.7. The Bertz CT molecular complexity index is 1270. The number of ether oxygens (including phenoxy) is 1. The average Bonchev–Trinajstić information content (AvgIpc) is 3.08. The van der Waals surface area contributed by atoms with Crippen LogP contribution in [0.25, 0.3) is 42.1 Å². The van der Waals surface area contributed by atoms with Crippen LogP contribution in [-0.2, 0) is 0 Å². The number of fused-ring (bicyclic) bond motifs is 5. The molecule has 1 heterocycles. The molecule has 26 heavy (non-hydrogen) atoms. The van der Waals surface area contributed by atoms with Gasteiger partial charge in [-0.25, -0.2) is 0 Å². The number of halogens is 1. The minimum atomic E-state index is 0.885. The third kappa shape index (κ3) is 2.34. The standard InChI is InChI=1S/C23H15IOS/c1-25-15-12-10-14(11-13-15)20-21-18-8-4-5-9-19(18)26-23(21)17-7-3-2-6-16(17)22(20)24/h2-13H,1H3. The molecule has 0 radical (unpaired) electrons. The average molecular weight is 466 g/mol. The Hall–Kier alpha value is -2.11. The number of thiophene rings is 1. The predicted octanol–water partition coefficient (Wildman–Crippen LogP) is 7.49. The largest absolute Gasteiger partial charge is 0.497 e. The van der Waals surface area contributed by atoms with E-state index >= 15 is 0 Å². The van der Waals surface area contributed by atoms with Crippen LogP contribution in [0.15, 0.2) is 72.8 Å². The van der Waals surface area contributed by atoms with Crippen LogP contribution in [-0.4, -0.2) is 7.11 Å². The summed E-state index contributed by atoms with van der Waals surface area (Å²) in [5, 5.41) is 5.35. The van der Waals surface area contributed by atoms with Gasteiger partial charge < -0.3 is 4.74 Å². The van der Waals surface area contributed by atoms with E-state index in [1.807, 2.05) is 23.5 Å². The van der Waals surface area contributed by atoms with Gasteiger partial charge in [-0.1, -0.05) is 54.6 Å². The summed E-state index contributed by atoms with van der Waals surface area (Å²) in [5.74, 6) is 0.885. The van der Waals surface area contributed by atoms with Gasteiger partial charge in [-0.05, 0) is 51.7 Å². The summed E-state index contributed by atoms with van der Waals surface area (Å²) in [4.78, 5) is 0. The molecule has 0 aliphatic heterocycles. The smallest absolute Gasteiger partial charge is 0.118 e. The van der Waals surface area contributed by atoms with Gasteiger partial charge in [-0.2, -0.15) is 0 Å². The zero-order valence-corrected chi connectivity index (χ0v) is 17.1. The van der Waals surface area contributed by atoms with E-state index in [0.717, 1.165) is 5.75 Å². The van der Waals surface area contributed by atoms with Crippen LogP contribution in [0, 0.1) is 3.57 Å². The quantitative estimate of drug-likeness (QED) is 0.245. The van der Waals surface area contributed by atoms with E-state index in [-0.39, 0.29) is 0 Å². The summed E-state index contributed by atoms with van der Waals surface area (Å²) in [6.45, 7) is 0. The first-order chi connectivity index (χ1) is 12.8. The Labute approximate surface area is 169 Å². The Morgan fingerprint density at radius 3 is 2.15 bits per heavy atom. The fourth-order valence-electron chi connectivity index (χ4n) is 3.63. The lowest BCUT2D eigenvalue weighted by Gasteiger charge is -2.12. The molecule has 0 bridgehead atoms. The maximum Gasteiger partial charge on any atom is 0.118 e. The van der Waals surface area contributed by atoms with E-state index < -0.39 is 0 Å². The van der Waals surface area contributed by atoms with Crippen molar-refractivity contribution in [2.75, 3.05) is 7.11 Å². The van der Waals surface area contributed by atoms with Crippen molar-refractivity contribution < 1.29 is 4.74 Å². The first-order valence-corrected chi connectivity index (χ1v) is 10.3. The fraction of sp³-hybridized carbons (Fsp3) is 0.0435. The van der Waals surface area contributed by atoms with Crippen molar-refractivity contribution in [3.8, 4) is 16.9 Å². The highest BCUT2D eigenvalue weighted by molar-refractivity contribution is 14.1. The molecule has 0 N–H and O–H groups in total. The molecular formula is C23H15IOS. The number of benzene rings is 4. The first kappa shape index (κ1) is 16.1. The van der Waals surface area contributed by atoms with Gasteiger partial charge in [0.15, 0.2) is 0 Å². The predicted molar refractivity (Wildman–Crippen MR) is 122 cm³/mol. The van der Waals surface area contributed by atoms with Crippen LogP contribution < -0.4 is 4.74 Å². The normalized spacial score (nSPS) is 11.5. The van der Waals surface area contributed by atoms with Gasteiger partial charge in [0.2, 0.25) is 0 Å². The minimum Gasteiger partial charge on any atom is -0.497 e. The van der Waals surface area contributed by atoms with Crippen molar-refractivity contribution in [2.45, 2.75) is 0 Å². The highest BCUT2D eigenvalue weighted by atomic mass is 127. The molecule has 126 valence electrons. The topological polar surface area (TPSA) is 9.23 Å². The third-order valence-electron chi connectivity index (χ3n) is 4.85. The second kappa shape index (κ2) is 6.25. The SMILES string of the molecule is COc1ccc(-c2c(I)c3ccccc3c3sc4ccccc4c23)cc1. The molecule has 0 amide bonds. The molecule has 1 nitrogen and oxygen atoms in total. The number of hydrogen-bond acceptors (Lipinski definition) is 2. The van der Waals surface area contributed by atoms with Gasteiger partial charge in [0.25, 0.3) is 0 Å². The van der Waals surface area contributed by atoms with Gasteiger partial charge in [0.05, 0.1) is 7.11 Å². The highest BCUT2D eigenvalue weighted by Gasteiger charge is 2.18. The van der Waals surface area contributed by atoms with E-state index in [4.69, 9.17) is 4.74 Å². The maximum absolute atomic E-state index is 5.35. The van der Waals surface area contributed by atoms with E-state index in [1.54, 1.807) is 7.11 Å². The summed E-state index contributed by atoms with van der Waals surface area (Å²) >= 11 is 4.40. The second-order valence-electron chi connectivity index (χ2n) is 6.27. The molecule has 0 unspecified atom stereocenters. The molecule has 3 heteroatoms. The second-order valence-corrected chi connectivity index (χ2v) is 8.40. The molecule has 0 spiro atoms. The van der Waals surface area contributed by atoms with Crippen LogP contribution in [0.4, 0.5) is 0 Å². The Balaban J connectivity index is 2.00. The number of methoxy groups -OCH3 is 1. The zero-order valence-electron chi connectivity index (χ0n) is 14.1. The molecular weight excluding hydrogens is 451 g/mol. The fourth-order valence-corrected chi connectivity index (χ4v) is 5.93. The molecule has 0 saturated carbocycles. The lowest BCUT2D eigenvalue weighted by molar-refractivity contribution is 0.415. The van der Waals surface area contributed by atoms with Crippen LogP contribution in [0.5, 0.6) is 5.75 Å². The maximum atomic E-state index is 5.35. The molecule has 1 aromatic heterocycles. The molecule has 4 aromatic carbocycles. The van der Waals surface area contributed by atoms with Crippen molar-refractivity contribution in [1.29, 1.82) is 0 Å². The lowest BCUT2D eigenvalue weighted by atomic mass is 9.95. The minimum absolute atomic E-state index is 0.885. The Kier molecular flexibility index (Phi) is 3.87. The Morgan fingerprint density at radius 1 is 0.769 bits per heavy atom. The molecule has 5 aromatic rings. The molecule has 0 aliphatic rings. The first-order valence-electron chi connectivity index (χ1n) is 8.44. The summed E-state index contributed by atoms with van der Waals surface area (Å²) in [6, 6.07) is 25.9. The molecule has 0 fully saturated rings. The van der Waals surface area contributed by atoms with E-state index in [1.165, 1.54) is 45.6 Å². The molecule has 0 saturated heterocycles.